The summed E-state index contributed by atoms with van der Waals surface area (Å²) in [6.45, 7) is 1.70. The van der Waals surface area contributed by atoms with Crippen LogP contribution < -0.4 is 16.4 Å². The standard InChI is InChI=1S/C18H20N6O/c19-16-7-8-17-21-11-15(24(17)23-16)12-3-5-13(6-4-12)18(25)22-10-14-2-1-9-20-14/h3-8,11,14,20H,1-2,9-10H2,(H2,19,23)(H,22,25)/t14-/m0/s1. The predicted octanol–water partition coefficient (Wildman–Crippen LogP) is 1.46. The average Bonchev–Trinajstić information content (AvgIpc) is 3.29. The summed E-state index contributed by atoms with van der Waals surface area (Å²) in [7, 11) is 0. The number of rotatable bonds is 4. The molecule has 1 atom stereocenters. The van der Waals surface area contributed by atoms with Gasteiger partial charge in [0.15, 0.2) is 5.65 Å². The summed E-state index contributed by atoms with van der Waals surface area (Å²) in [6, 6.07) is 11.4. The maximum absolute atomic E-state index is 12.3. The van der Waals surface area contributed by atoms with Gasteiger partial charge in [-0.05, 0) is 43.7 Å². The maximum Gasteiger partial charge on any atom is 0.251 e. The van der Waals surface area contributed by atoms with Crippen LogP contribution in [0.1, 0.15) is 23.2 Å². The van der Waals surface area contributed by atoms with Gasteiger partial charge >= 0.3 is 0 Å². The van der Waals surface area contributed by atoms with E-state index in [4.69, 9.17) is 5.73 Å². The molecule has 3 aromatic rings. The number of anilines is 1. The number of amides is 1. The van der Waals surface area contributed by atoms with Crippen molar-refractivity contribution in [1.29, 1.82) is 0 Å². The van der Waals surface area contributed by atoms with E-state index >= 15 is 0 Å². The molecule has 25 heavy (non-hydrogen) atoms. The van der Waals surface area contributed by atoms with Crippen LogP contribution in [0.25, 0.3) is 16.9 Å². The highest BCUT2D eigenvalue weighted by Crippen LogP contribution is 2.21. The Bertz CT molecular complexity index is 896. The van der Waals surface area contributed by atoms with E-state index in [9.17, 15) is 4.79 Å². The molecule has 0 aliphatic carbocycles. The Morgan fingerprint density at radius 3 is 2.88 bits per heavy atom. The Balaban J connectivity index is 1.51. The van der Waals surface area contributed by atoms with Gasteiger partial charge < -0.3 is 16.4 Å². The number of nitrogens with zero attached hydrogens (tertiary/aromatic N) is 3. The highest BCUT2D eigenvalue weighted by molar-refractivity contribution is 5.94. The van der Waals surface area contributed by atoms with Gasteiger partial charge in [-0.25, -0.2) is 9.50 Å². The van der Waals surface area contributed by atoms with E-state index in [0.29, 0.717) is 24.0 Å². The molecule has 1 aromatic carbocycles. The van der Waals surface area contributed by atoms with Crippen molar-refractivity contribution in [3.8, 4) is 11.3 Å². The fraction of sp³-hybridized carbons (Fsp3) is 0.278. The molecule has 1 aliphatic rings. The number of hydrogen-bond donors (Lipinski definition) is 3. The maximum atomic E-state index is 12.3. The summed E-state index contributed by atoms with van der Waals surface area (Å²) in [5.74, 6) is 0.379. The van der Waals surface area contributed by atoms with Gasteiger partial charge in [0, 0.05) is 23.7 Å². The lowest BCUT2D eigenvalue weighted by Crippen LogP contribution is -2.37. The minimum atomic E-state index is -0.0549. The first-order chi connectivity index (χ1) is 12.2. The normalized spacial score (nSPS) is 17.0. The van der Waals surface area contributed by atoms with Crippen LogP contribution in [0.2, 0.25) is 0 Å². The lowest BCUT2D eigenvalue weighted by Gasteiger charge is -2.11. The van der Waals surface area contributed by atoms with E-state index in [1.54, 1.807) is 16.8 Å². The average molecular weight is 336 g/mol. The highest BCUT2D eigenvalue weighted by Gasteiger charge is 2.15. The fourth-order valence-corrected chi connectivity index (χ4v) is 3.13. The van der Waals surface area contributed by atoms with Crippen LogP contribution in [0.15, 0.2) is 42.6 Å². The van der Waals surface area contributed by atoms with Crippen LogP contribution in [-0.2, 0) is 0 Å². The van der Waals surface area contributed by atoms with Crippen molar-refractivity contribution >= 4 is 17.4 Å². The van der Waals surface area contributed by atoms with Crippen molar-refractivity contribution in [3.05, 3.63) is 48.2 Å². The molecule has 1 amide bonds. The number of fused-ring (bicyclic) bond motifs is 1. The van der Waals surface area contributed by atoms with E-state index < -0.39 is 0 Å². The molecule has 7 heteroatoms. The predicted molar refractivity (Wildman–Crippen MR) is 96.2 cm³/mol. The number of aromatic nitrogens is 3. The highest BCUT2D eigenvalue weighted by atomic mass is 16.1. The Morgan fingerprint density at radius 1 is 1.28 bits per heavy atom. The number of carbonyl (C=O) groups is 1. The van der Waals surface area contributed by atoms with E-state index in [0.717, 1.165) is 29.9 Å². The molecule has 0 saturated carbocycles. The van der Waals surface area contributed by atoms with Gasteiger partial charge in [-0.1, -0.05) is 12.1 Å². The van der Waals surface area contributed by atoms with Crippen LogP contribution in [0.5, 0.6) is 0 Å². The van der Waals surface area contributed by atoms with Gasteiger partial charge in [-0.3, -0.25) is 4.79 Å². The molecular formula is C18H20N6O. The molecule has 2 aromatic heterocycles. The van der Waals surface area contributed by atoms with Crippen molar-refractivity contribution in [3.63, 3.8) is 0 Å². The summed E-state index contributed by atoms with van der Waals surface area (Å²) in [5.41, 5.74) is 8.90. The Labute approximate surface area is 145 Å². The van der Waals surface area contributed by atoms with E-state index in [1.165, 1.54) is 6.42 Å². The molecule has 0 unspecified atom stereocenters. The molecule has 0 radical (unpaired) electrons. The number of nitrogen functional groups attached to an aromatic ring is 1. The van der Waals surface area contributed by atoms with Crippen molar-refractivity contribution < 1.29 is 4.79 Å². The Hall–Kier alpha value is -2.93. The number of imidazole rings is 1. The summed E-state index contributed by atoms with van der Waals surface area (Å²) in [5, 5.41) is 10.6. The quantitative estimate of drug-likeness (QED) is 0.670. The lowest BCUT2D eigenvalue weighted by atomic mass is 10.1. The third-order valence-corrected chi connectivity index (χ3v) is 4.50. The molecule has 4 rings (SSSR count). The summed E-state index contributed by atoms with van der Waals surface area (Å²) >= 11 is 0. The molecule has 4 N–H and O–H groups in total. The molecule has 1 fully saturated rings. The van der Waals surface area contributed by atoms with Gasteiger partial charge in [0.25, 0.3) is 5.91 Å². The topological polar surface area (TPSA) is 97.3 Å². The van der Waals surface area contributed by atoms with Gasteiger partial charge in [-0.15, -0.1) is 5.10 Å². The first-order valence-corrected chi connectivity index (χ1v) is 8.43. The largest absolute Gasteiger partial charge is 0.382 e. The second-order valence-corrected chi connectivity index (χ2v) is 6.25. The fourth-order valence-electron chi connectivity index (χ4n) is 3.13. The molecule has 1 saturated heterocycles. The first-order valence-electron chi connectivity index (χ1n) is 8.43. The van der Waals surface area contributed by atoms with Crippen LogP contribution in [0.3, 0.4) is 0 Å². The van der Waals surface area contributed by atoms with Gasteiger partial charge in [0.1, 0.15) is 5.82 Å². The molecule has 0 spiro atoms. The zero-order chi connectivity index (χ0) is 17.2. The molecule has 3 heterocycles. The summed E-state index contributed by atoms with van der Waals surface area (Å²) in [6.07, 6.45) is 4.04. The van der Waals surface area contributed by atoms with E-state index in [-0.39, 0.29) is 5.91 Å². The molecule has 128 valence electrons. The number of hydrogen-bond acceptors (Lipinski definition) is 5. The molecule has 7 nitrogen and oxygen atoms in total. The van der Waals surface area contributed by atoms with Crippen LogP contribution in [-0.4, -0.2) is 39.6 Å². The van der Waals surface area contributed by atoms with Gasteiger partial charge in [0.05, 0.1) is 11.9 Å². The summed E-state index contributed by atoms with van der Waals surface area (Å²) in [4.78, 5) is 16.6. The number of carbonyl (C=O) groups excluding carboxylic acids is 1. The van der Waals surface area contributed by atoms with E-state index in [1.807, 2.05) is 30.3 Å². The zero-order valence-corrected chi connectivity index (χ0v) is 13.8. The zero-order valence-electron chi connectivity index (χ0n) is 13.8. The first kappa shape index (κ1) is 15.6. The monoisotopic (exact) mass is 336 g/mol. The summed E-state index contributed by atoms with van der Waals surface area (Å²) < 4.78 is 1.70. The number of nitrogens with two attached hydrogens (primary N) is 1. The van der Waals surface area contributed by atoms with E-state index in [2.05, 4.69) is 20.7 Å². The SMILES string of the molecule is Nc1ccc2ncc(-c3ccc(C(=O)NC[C@@H]4CCCN4)cc3)n2n1. The van der Waals surface area contributed by atoms with Crippen molar-refractivity contribution in [2.75, 3.05) is 18.8 Å². The lowest BCUT2D eigenvalue weighted by molar-refractivity contribution is 0.0950. The third-order valence-electron chi connectivity index (χ3n) is 4.50. The van der Waals surface area contributed by atoms with Crippen LogP contribution >= 0.6 is 0 Å². The van der Waals surface area contributed by atoms with Gasteiger partial charge in [-0.2, -0.15) is 0 Å². The molecular weight excluding hydrogens is 316 g/mol. The minimum absolute atomic E-state index is 0.0549. The third kappa shape index (κ3) is 3.18. The number of nitrogens with one attached hydrogen (secondary N) is 2. The second-order valence-electron chi connectivity index (χ2n) is 6.25. The molecule has 0 bridgehead atoms. The molecule has 1 aliphatic heterocycles. The Kier molecular flexibility index (Phi) is 4.07. The second kappa shape index (κ2) is 6.52. The van der Waals surface area contributed by atoms with Crippen molar-refractivity contribution in [2.45, 2.75) is 18.9 Å². The van der Waals surface area contributed by atoms with Crippen LogP contribution in [0.4, 0.5) is 5.82 Å². The van der Waals surface area contributed by atoms with Gasteiger partial charge in [0.2, 0.25) is 0 Å². The Morgan fingerprint density at radius 2 is 2.12 bits per heavy atom. The van der Waals surface area contributed by atoms with Crippen molar-refractivity contribution in [1.82, 2.24) is 25.2 Å². The minimum Gasteiger partial charge on any atom is -0.382 e. The van der Waals surface area contributed by atoms with Crippen molar-refractivity contribution in [2.24, 2.45) is 0 Å². The smallest absolute Gasteiger partial charge is 0.251 e. The van der Waals surface area contributed by atoms with Crippen LogP contribution in [0, 0.1) is 0 Å². The number of benzene rings is 1.